The van der Waals surface area contributed by atoms with Crippen LogP contribution in [0.15, 0.2) is 41.4 Å². The molecule has 0 bridgehead atoms. The van der Waals surface area contributed by atoms with Gasteiger partial charge >= 0.3 is 0 Å². The summed E-state index contributed by atoms with van der Waals surface area (Å²) in [6.07, 6.45) is 0. The minimum atomic E-state index is -0.285. The Kier molecular flexibility index (Phi) is 4.53. The predicted octanol–water partition coefficient (Wildman–Crippen LogP) is 3.67. The van der Waals surface area contributed by atoms with E-state index in [0.717, 1.165) is 15.8 Å². The van der Waals surface area contributed by atoms with Gasteiger partial charge in [0.15, 0.2) is 11.4 Å². The first kappa shape index (κ1) is 16.5. The van der Waals surface area contributed by atoms with E-state index in [1.807, 2.05) is 42.8 Å². The number of rotatable bonds is 3. The van der Waals surface area contributed by atoms with Gasteiger partial charge in [0.1, 0.15) is 5.75 Å². The molecule has 0 aliphatic rings. The summed E-state index contributed by atoms with van der Waals surface area (Å²) in [5, 5.41) is 0. The fourth-order valence-electron chi connectivity index (χ4n) is 2.48. The molecule has 1 amide bonds. The van der Waals surface area contributed by atoms with Gasteiger partial charge in [0.05, 0.1) is 10.2 Å². The molecule has 124 valence electrons. The van der Waals surface area contributed by atoms with E-state index >= 15 is 0 Å². The summed E-state index contributed by atoms with van der Waals surface area (Å²) in [5.41, 5.74) is 4.66. The van der Waals surface area contributed by atoms with Crippen LogP contribution in [-0.4, -0.2) is 17.1 Å². The van der Waals surface area contributed by atoms with E-state index in [9.17, 15) is 4.79 Å². The third kappa shape index (κ3) is 3.41. The minimum Gasteiger partial charge on any atom is -0.484 e. The van der Waals surface area contributed by atoms with E-state index in [1.165, 1.54) is 22.5 Å². The fraction of sp³-hybridized carbons (Fsp3) is 0.263. The molecule has 24 heavy (non-hydrogen) atoms. The lowest BCUT2D eigenvalue weighted by Crippen LogP contribution is -2.17. The van der Waals surface area contributed by atoms with E-state index in [1.54, 1.807) is 0 Å². The molecule has 0 aliphatic carbocycles. The summed E-state index contributed by atoms with van der Waals surface area (Å²) >= 11 is 1.52. The molecule has 1 aromatic heterocycles. The molecule has 1 heterocycles. The van der Waals surface area contributed by atoms with Gasteiger partial charge < -0.3 is 9.30 Å². The van der Waals surface area contributed by atoms with Crippen molar-refractivity contribution in [3.63, 3.8) is 0 Å². The third-order valence-electron chi connectivity index (χ3n) is 4.00. The maximum absolute atomic E-state index is 12.1. The summed E-state index contributed by atoms with van der Waals surface area (Å²) in [6.45, 7) is 6.10. The van der Waals surface area contributed by atoms with Gasteiger partial charge in [-0.25, -0.2) is 0 Å². The Bertz CT molecular complexity index is 983. The van der Waals surface area contributed by atoms with Gasteiger partial charge in [0.25, 0.3) is 5.91 Å². The molecule has 0 N–H and O–H groups in total. The summed E-state index contributed by atoms with van der Waals surface area (Å²) in [6, 6.07) is 11.9. The molecule has 0 atom stereocenters. The summed E-state index contributed by atoms with van der Waals surface area (Å²) in [5.74, 6) is 0.401. The van der Waals surface area contributed by atoms with Crippen LogP contribution >= 0.6 is 11.3 Å². The zero-order valence-electron chi connectivity index (χ0n) is 14.3. The highest BCUT2D eigenvalue weighted by molar-refractivity contribution is 7.16. The molecule has 0 saturated carbocycles. The van der Waals surface area contributed by atoms with Crippen LogP contribution < -0.4 is 9.54 Å². The Morgan fingerprint density at radius 3 is 2.67 bits per heavy atom. The normalized spacial score (nSPS) is 11.9. The number of hydrogen-bond donors (Lipinski definition) is 0. The van der Waals surface area contributed by atoms with E-state index < -0.39 is 0 Å². The van der Waals surface area contributed by atoms with Crippen LogP contribution in [-0.2, 0) is 11.8 Å². The first-order valence-corrected chi connectivity index (χ1v) is 8.59. The van der Waals surface area contributed by atoms with Crippen molar-refractivity contribution in [1.29, 1.82) is 0 Å². The smallest absolute Gasteiger partial charge is 0.286 e. The molecule has 3 aromatic rings. The molecule has 0 unspecified atom stereocenters. The molecule has 0 saturated heterocycles. The molecular weight excluding hydrogens is 320 g/mol. The number of fused-ring (bicyclic) bond motifs is 1. The number of ether oxygens (including phenoxy) is 1. The highest BCUT2D eigenvalue weighted by atomic mass is 32.1. The van der Waals surface area contributed by atoms with Gasteiger partial charge in [-0.15, -0.1) is 0 Å². The Morgan fingerprint density at radius 1 is 1.17 bits per heavy atom. The molecule has 0 aliphatic heterocycles. The predicted molar refractivity (Wildman–Crippen MR) is 97.5 cm³/mol. The second kappa shape index (κ2) is 6.61. The molecule has 0 radical (unpaired) electrons. The van der Waals surface area contributed by atoms with Gasteiger partial charge in [-0.2, -0.15) is 4.99 Å². The highest BCUT2D eigenvalue weighted by Gasteiger charge is 2.07. The largest absolute Gasteiger partial charge is 0.484 e. The highest BCUT2D eigenvalue weighted by Crippen LogP contribution is 2.21. The van der Waals surface area contributed by atoms with Crippen molar-refractivity contribution >= 4 is 27.5 Å². The van der Waals surface area contributed by atoms with Crippen molar-refractivity contribution in [2.24, 2.45) is 12.0 Å². The SMILES string of the molecule is Cc1cccc(OCC(=O)N=c2sc3cc(C)c(C)cc3n2C)c1. The van der Waals surface area contributed by atoms with E-state index in [2.05, 4.69) is 31.0 Å². The van der Waals surface area contributed by atoms with Crippen molar-refractivity contribution in [2.45, 2.75) is 20.8 Å². The lowest BCUT2D eigenvalue weighted by atomic mass is 10.1. The molecular formula is C19H20N2O2S. The Labute approximate surface area is 145 Å². The van der Waals surface area contributed by atoms with Crippen molar-refractivity contribution < 1.29 is 9.53 Å². The van der Waals surface area contributed by atoms with Crippen LogP contribution in [0.5, 0.6) is 5.75 Å². The number of amides is 1. The lowest BCUT2D eigenvalue weighted by molar-refractivity contribution is -0.120. The zero-order valence-corrected chi connectivity index (χ0v) is 15.1. The lowest BCUT2D eigenvalue weighted by Gasteiger charge is -2.03. The first-order valence-electron chi connectivity index (χ1n) is 7.78. The van der Waals surface area contributed by atoms with Crippen LogP contribution in [0.1, 0.15) is 16.7 Å². The van der Waals surface area contributed by atoms with Gasteiger partial charge in [0, 0.05) is 7.05 Å². The average molecular weight is 340 g/mol. The second-order valence-corrected chi connectivity index (χ2v) is 6.97. The van der Waals surface area contributed by atoms with Crippen molar-refractivity contribution in [2.75, 3.05) is 6.61 Å². The third-order valence-corrected chi connectivity index (χ3v) is 5.09. The number of aryl methyl sites for hydroxylation is 4. The molecule has 0 fully saturated rings. The van der Waals surface area contributed by atoms with Gasteiger partial charge in [-0.05, 0) is 61.7 Å². The van der Waals surface area contributed by atoms with Crippen molar-refractivity contribution in [1.82, 2.24) is 4.57 Å². The Morgan fingerprint density at radius 2 is 1.92 bits per heavy atom. The van der Waals surface area contributed by atoms with Gasteiger partial charge in [-0.3, -0.25) is 4.79 Å². The Hall–Kier alpha value is -2.40. The fourth-order valence-corrected chi connectivity index (χ4v) is 3.59. The number of benzene rings is 2. The second-order valence-electron chi connectivity index (χ2n) is 5.96. The van der Waals surface area contributed by atoms with Gasteiger partial charge in [-0.1, -0.05) is 23.5 Å². The van der Waals surface area contributed by atoms with E-state index in [-0.39, 0.29) is 12.5 Å². The molecule has 0 spiro atoms. The maximum Gasteiger partial charge on any atom is 0.286 e. The quantitative estimate of drug-likeness (QED) is 0.730. The standard InChI is InChI=1S/C19H20N2O2S/c1-12-6-5-7-15(8-12)23-11-18(22)20-19-21(4)16-9-13(2)14(3)10-17(16)24-19/h5-10H,11H2,1-4H3. The summed E-state index contributed by atoms with van der Waals surface area (Å²) < 4.78 is 8.61. The molecule has 4 nitrogen and oxygen atoms in total. The average Bonchev–Trinajstić information content (AvgIpc) is 2.82. The summed E-state index contributed by atoms with van der Waals surface area (Å²) in [7, 11) is 1.93. The minimum absolute atomic E-state index is 0.0598. The Balaban J connectivity index is 1.84. The number of nitrogens with zero attached hydrogens (tertiary/aromatic N) is 2. The molecule has 5 heteroatoms. The first-order chi connectivity index (χ1) is 11.4. The number of thiazole rings is 1. The maximum atomic E-state index is 12.1. The topological polar surface area (TPSA) is 43.6 Å². The van der Waals surface area contributed by atoms with Crippen LogP contribution in [0, 0.1) is 20.8 Å². The monoisotopic (exact) mass is 340 g/mol. The molecule has 3 rings (SSSR count). The number of carbonyl (C=O) groups excluding carboxylic acids is 1. The van der Waals surface area contributed by atoms with Crippen molar-refractivity contribution in [3.8, 4) is 5.75 Å². The van der Waals surface area contributed by atoms with Crippen LogP contribution in [0.2, 0.25) is 0 Å². The zero-order chi connectivity index (χ0) is 17.3. The number of hydrogen-bond acceptors (Lipinski definition) is 3. The van der Waals surface area contributed by atoms with E-state index in [0.29, 0.717) is 10.6 Å². The van der Waals surface area contributed by atoms with Gasteiger partial charge in [0.2, 0.25) is 0 Å². The van der Waals surface area contributed by atoms with Crippen LogP contribution in [0.4, 0.5) is 0 Å². The van der Waals surface area contributed by atoms with Crippen molar-refractivity contribution in [3.05, 3.63) is 57.9 Å². The van der Waals surface area contributed by atoms with Crippen LogP contribution in [0.3, 0.4) is 0 Å². The van der Waals surface area contributed by atoms with E-state index in [4.69, 9.17) is 4.74 Å². The number of aromatic nitrogens is 1. The molecule has 2 aromatic carbocycles. The summed E-state index contributed by atoms with van der Waals surface area (Å²) in [4.78, 5) is 17.0. The number of carbonyl (C=O) groups is 1. The van der Waals surface area contributed by atoms with Crippen LogP contribution in [0.25, 0.3) is 10.2 Å².